The molecule has 0 aromatic heterocycles. The number of carbonyl (C=O) groups excluding carboxylic acids is 2. The molecule has 3 aromatic carbocycles. The predicted molar refractivity (Wildman–Crippen MR) is 83.2 cm³/mol. The molecule has 3 aromatic rings. The van der Waals surface area contributed by atoms with Crippen LogP contribution in [0.4, 0.5) is 0 Å². The fourth-order valence-corrected chi connectivity index (χ4v) is 2.43. The molecule has 0 aliphatic rings. The minimum atomic E-state index is -0.868. The van der Waals surface area contributed by atoms with Gasteiger partial charge in [-0.3, -0.25) is 9.59 Å². The summed E-state index contributed by atoms with van der Waals surface area (Å²) < 4.78 is 0. The third kappa shape index (κ3) is 2.61. The molecule has 3 rings (SSSR count). The molecule has 1 unspecified atom stereocenters. The van der Waals surface area contributed by atoms with Crippen LogP contribution in [-0.2, 0) is 4.79 Å². The number of fused-ring (bicyclic) bond motifs is 1. The van der Waals surface area contributed by atoms with Gasteiger partial charge < -0.3 is 0 Å². The van der Waals surface area contributed by atoms with E-state index in [1.807, 2.05) is 60.9 Å². The highest BCUT2D eigenvalue weighted by molar-refractivity contribution is 6.10. The van der Waals surface area contributed by atoms with Crippen LogP contribution in [0, 0.1) is 0 Å². The molecule has 0 aliphatic heterocycles. The minimum absolute atomic E-state index is 0.220. The Labute approximate surface area is 123 Å². The van der Waals surface area contributed by atoms with Crippen LogP contribution in [0.3, 0.4) is 0 Å². The quantitative estimate of drug-likeness (QED) is 0.533. The summed E-state index contributed by atoms with van der Waals surface area (Å²) in [5.74, 6) is -1.09. The molecule has 0 saturated carbocycles. The highest BCUT2D eigenvalue weighted by Crippen LogP contribution is 2.22. The Morgan fingerprint density at radius 2 is 1.48 bits per heavy atom. The Morgan fingerprint density at radius 1 is 0.810 bits per heavy atom. The fraction of sp³-hybridized carbons (Fsp3) is 0.0526. The summed E-state index contributed by atoms with van der Waals surface area (Å²) in [7, 11) is 0. The smallest absolute Gasteiger partial charge is 0.214 e. The molecule has 0 aliphatic carbocycles. The second-order valence-electron chi connectivity index (χ2n) is 4.89. The predicted octanol–water partition coefficient (Wildman–Crippen LogP) is 3.92. The molecule has 0 bridgehead atoms. The van der Waals surface area contributed by atoms with Crippen molar-refractivity contribution in [1.82, 2.24) is 0 Å². The molecule has 1 atom stereocenters. The van der Waals surface area contributed by atoms with Gasteiger partial charge in [0.1, 0.15) is 5.92 Å². The van der Waals surface area contributed by atoms with E-state index in [0.29, 0.717) is 11.1 Å². The van der Waals surface area contributed by atoms with Crippen LogP contribution in [0.25, 0.3) is 10.8 Å². The van der Waals surface area contributed by atoms with Crippen molar-refractivity contribution in [2.75, 3.05) is 0 Å². The van der Waals surface area contributed by atoms with E-state index in [4.69, 9.17) is 0 Å². The number of benzene rings is 3. The van der Waals surface area contributed by atoms with Gasteiger partial charge in [0.15, 0.2) is 5.78 Å². The van der Waals surface area contributed by atoms with Crippen molar-refractivity contribution in [3.8, 4) is 0 Å². The highest BCUT2D eigenvalue weighted by atomic mass is 16.1. The van der Waals surface area contributed by atoms with Gasteiger partial charge in [-0.2, -0.15) is 0 Å². The maximum atomic E-state index is 12.6. The Morgan fingerprint density at radius 3 is 2.19 bits per heavy atom. The van der Waals surface area contributed by atoms with E-state index in [9.17, 15) is 9.59 Å². The number of hydrogen-bond donors (Lipinski definition) is 0. The SMILES string of the molecule is O=[C]C(C(=O)c1ccc2ccccc2c1)c1ccccc1. The van der Waals surface area contributed by atoms with E-state index < -0.39 is 5.92 Å². The van der Waals surface area contributed by atoms with Gasteiger partial charge in [0.2, 0.25) is 6.29 Å². The number of hydrogen-bond acceptors (Lipinski definition) is 2. The molecule has 0 N–H and O–H groups in total. The van der Waals surface area contributed by atoms with E-state index in [2.05, 4.69) is 0 Å². The zero-order valence-electron chi connectivity index (χ0n) is 11.3. The lowest BCUT2D eigenvalue weighted by Crippen LogP contribution is -2.14. The van der Waals surface area contributed by atoms with E-state index in [0.717, 1.165) is 10.8 Å². The lowest BCUT2D eigenvalue weighted by Gasteiger charge is -2.09. The van der Waals surface area contributed by atoms with Crippen molar-refractivity contribution >= 4 is 22.8 Å². The molecule has 0 spiro atoms. The van der Waals surface area contributed by atoms with Crippen LogP contribution in [0.5, 0.6) is 0 Å². The molecule has 1 radical (unpaired) electrons. The zero-order chi connectivity index (χ0) is 14.7. The number of carbonyl (C=O) groups is 1. The maximum Gasteiger partial charge on any atom is 0.214 e. The van der Waals surface area contributed by atoms with Crippen LogP contribution in [0.1, 0.15) is 21.8 Å². The van der Waals surface area contributed by atoms with Crippen LogP contribution < -0.4 is 0 Å². The summed E-state index contributed by atoms with van der Waals surface area (Å²) in [4.78, 5) is 23.8. The summed E-state index contributed by atoms with van der Waals surface area (Å²) >= 11 is 0. The largest absolute Gasteiger partial charge is 0.293 e. The summed E-state index contributed by atoms with van der Waals surface area (Å²) in [5, 5.41) is 2.06. The first-order valence-corrected chi connectivity index (χ1v) is 6.75. The molecule has 0 amide bonds. The van der Waals surface area contributed by atoms with Crippen LogP contribution >= 0.6 is 0 Å². The molecule has 0 saturated heterocycles. The summed E-state index contributed by atoms with van der Waals surface area (Å²) in [6.07, 6.45) is 1.87. The van der Waals surface area contributed by atoms with Gasteiger partial charge in [0.25, 0.3) is 0 Å². The Kier molecular flexibility index (Phi) is 3.61. The first kappa shape index (κ1) is 13.3. The Bertz CT molecular complexity index is 791. The zero-order valence-corrected chi connectivity index (χ0v) is 11.3. The van der Waals surface area contributed by atoms with Gasteiger partial charge in [-0.15, -0.1) is 0 Å². The first-order valence-electron chi connectivity index (χ1n) is 6.75. The average molecular weight is 273 g/mol. The Hall–Kier alpha value is -2.74. The second kappa shape index (κ2) is 5.71. The maximum absolute atomic E-state index is 12.6. The van der Waals surface area contributed by atoms with E-state index in [-0.39, 0.29) is 5.78 Å². The van der Waals surface area contributed by atoms with Crippen molar-refractivity contribution in [3.63, 3.8) is 0 Å². The molecular weight excluding hydrogens is 260 g/mol. The molecule has 0 fully saturated rings. The molecular formula is C19H13O2. The lowest BCUT2D eigenvalue weighted by atomic mass is 9.91. The van der Waals surface area contributed by atoms with Crippen molar-refractivity contribution < 1.29 is 9.59 Å². The topological polar surface area (TPSA) is 34.1 Å². The summed E-state index contributed by atoms with van der Waals surface area (Å²) in [5.41, 5.74) is 1.21. The summed E-state index contributed by atoms with van der Waals surface area (Å²) in [6, 6.07) is 22.3. The van der Waals surface area contributed by atoms with Gasteiger partial charge >= 0.3 is 0 Å². The normalized spacial score (nSPS) is 12.0. The van der Waals surface area contributed by atoms with Crippen LogP contribution in [-0.4, -0.2) is 12.1 Å². The number of ketones is 1. The number of Topliss-reactive ketones (excluding diaryl/α,β-unsaturated/α-hetero) is 1. The van der Waals surface area contributed by atoms with Crippen molar-refractivity contribution in [1.29, 1.82) is 0 Å². The summed E-state index contributed by atoms with van der Waals surface area (Å²) in [6.45, 7) is 0. The lowest BCUT2D eigenvalue weighted by molar-refractivity contribution is 0.0982. The molecule has 2 heteroatoms. The van der Waals surface area contributed by atoms with Crippen molar-refractivity contribution in [3.05, 3.63) is 83.9 Å². The van der Waals surface area contributed by atoms with Gasteiger partial charge in [0.05, 0.1) is 0 Å². The molecule has 101 valence electrons. The van der Waals surface area contributed by atoms with Crippen molar-refractivity contribution in [2.45, 2.75) is 5.92 Å². The van der Waals surface area contributed by atoms with Crippen molar-refractivity contribution in [2.24, 2.45) is 0 Å². The highest BCUT2D eigenvalue weighted by Gasteiger charge is 2.22. The van der Waals surface area contributed by atoms with E-state index in [1.165, 1.54) is 0 Å². The van der Waals surface area contributed by atoms with E-state index in [1.54, 1.807) is 18.2 Å². The molecule has 0 heterocycles. The van der Waals surface area contributed by atoms with Gasteiger partial charge in [0, 0.05) is 5.56 Å². The monoisotopic (exact) mass is 273 g/mol. The van der Waals surface area contributed by atoms with Gasteiger partial charge in [-0.1, -0.05) is 66.7 Å². The average Bonchev–Trinajstić information content (AvgIpc) is 2.56. The number of rotatable bonds is 4. The molecule has 21 heavy (non-hydrogen) atoms. The van der Waals surface area contributed by atoms with Gasteiger partial charge in [-0.05, 0) is 22.4 Å². The third-order valence-electron chi connectivity index (χ3n) is 3.55. The standard InChI is InChI=1S/C19H13O2/c20-13-18(15-7-2-1-3-8-15)19(21)17-11-10-14-6-4-5-9-16(14)12-17/h1-12,18H. The van der Waals surface area contributed by atoms with Crippen LogP contribution in [0.15, 0.2) is 72.8 Å². The first-order chi connectivity index (χ1) is 10.3. The second-order valence-corrected chi connectivity index (χ2v) is 4.89. The fourth-order valence-electron chi connectivity index (χ4n) is 2.43. The molecule has 2 nitrogen and oxygen atoms in total. The van der Waals surface area contributed by atoms with Gasteiger partial charge in [-0.25, -0.2) is 0 Å². The minimum Gasteiger partial charge on any atom is -0.293 e. The third-order valence-corrected chi connectivity index (χ3v) is 3.55. The van der Waals surface area contributed by atoms with E-state index >= 15 is 0 Å². The van der Waals surface area contributed by atoms with Crippen LogP contribution in [0.2, 0.25) is 0 Å². The Balaban J connectivity index is 2.00.